The molecule has 4 atom stereocenters. The van der Waals surface area contributed by atoms with Crippen LogP contribution in [0.5, 0.6) is 0 Å². The third-order valence-corrected chi connectivity index (χ3v) is 6.39. The molecule has 1 aliphatic heterocycles. The molecule has 0 aromatic heterocycles. The first kappa shape index (κ1) is 21.8. The number of fused-ring (bicyclic) bond motifs is 1. The predicted molar refractivity (Wildman–Crippen MR) is 113 cm³/mol. The molecule has 5 nitrogen and oxygen atoms in total. The molecule has 0 spiro atoms. The number of carbonyl (C=O) groups is 3. The van der Waals surface area contributed by atoms with Gasteiger partial charge in [-0.05, 0) is 49.8 Å². The Bertz CT molecular complexity index is 826. The second-order valence-corrected chi connectivity index (χ2v) is 9.07. The summed E-state index contributed by atoms with van der Waals surface area (Å²) in [6.45, 7) is 5.78. The molecule has 156 valence electrons. The van der Waals surface area contributed by atoms with Gasteiger partial charge in [-0.25, -0.2) is 0 Å². The molecule has 1 saturated heterocycles. The number of carbonyl (C=O) groups excluding carboxylic acids is 3. The summed E-state index contributed by atoms with van der Waals surface area (Å²) in [4.78, 5) is 40.3. The zero-order valence-electron chi connectivity index (χ0n) is 16.8. The Morgan fingerprint density at radius 2 is 1.66 bits per heavy atom. The number of imide groups is 1. The van der Waals surface area contributed by atoms with Gasteiger partial charge in [0.1, 0.15) is 6.04 Å². The fourth-order valence-electron chi connectivity index (χ4n) is 4.08. The molecule has 1 heterocycles. The van der Waals surface area contributed by atoms with Crippen LogP contribution in [0.15, 0.2) is 30.4 Å². The van der Waals surface area contributed by atoms with Gasteiger partial charge in [0, 0.05) is 0 Å². The summed E-state index contributed by atoms with van der Waals surface area (Å²) in [5.41, 5.74) is 0.799. The second-order valence-electron chi connectivity index (χ2n) is 8.25. The van der Waals surface area contributed by atoms with Gasteiger partial charge in [0.15, 0.2) is 0 Å². The van der Waals surface area contributed by atoms with E-state index in [0.717, 1.165) is 5.56 Å². The zero-order chi connectivity index (χ0) is 21.3. The van der Waals surface area contributed by atoms with Crippen LogP contribution < -0.4 is 5.32 Å². The van der Waals surface area contributed by atoms with E-state index in [2.05, 4.69) is 5.32 Å². The van der Waals surface area contributed by atoms with Crippen LogP contribution in [0, 0.1) is 17.8 Å². The summed E-state index contributed by atoms with van der Waals surface area (Å²) in [5.74, 6) is -1.33. The highest BCUT2D eigenvalue weighted by Crippen LogP contribution is 2.37. The van der Waals surface area contributed by atoms with Crippen LogP contribution in [0.25, 0.3) is 0 Å². The molecular formula is C22H26Cl2N2O3. The van der Waals surface area contributed by atoms with Crippen LogP contribution in [0.2, 0.25) is 10.0 Å². The number of nitrogens with zero attached hydrogens (tertiary/aromatic N) is 1. The van der Waals surface area contributed by atoms with Crippen LogP contribution in [-0.2, 0) is 14.4 Å². The van der Waals surface area contributed by atoms with Crippen molar-refractivity contribution >= 4 is 40.9 Å². The highest BCUT2D eigenvalue weighted by atomic mass is 35.5. The van der Waals surface area contributed by atoms with Gasteiger partial charge in [0.05, 0.1) is 27.9 Å². The average molecular weight is 437 g/mol. The van der Waals surface area contributed by atoms with Crippen molar-refractivity contribution in [3.05, 3.63) is 46.0 Å². The van der Waals surface area contributed by atoms with E-state index in [9.17, 15) is 14.4 Å². The largest absolute Gasteiger partial charge is 0.348 e. The first-order chi connectivity index (χ1) is 13.7. The molecule has 1 fully saturated rings. The number of hydrogen-bond donors (Lipinski definition) is 1. The van der Waals surface area contributed by atoms with Crippen LogP contribution in [0.4, 0.5) is 0 Å². The van der Waals surface area contributed by atoms with Gasteiger partial charge in [-0.15, -0.1) is 0 Å². The molecule has 1 aliphatic carbocycles. The second kappa shape index (κ2) is 8.88. The predicted octanol–water partition coefficient (Wildman–Crippen LogP) is 4.54. The summed E-state index contributed by atoms with van der Waals surface area (Å²) in [5, 5.41) is 3.79. The van der Waals surface area contributed by atoms with Crippen molar-refractivity contribution in [2.45, 2.75) is 52.1 Å². The number of hydrogen-bond acceptors (Lipinski definition) is 3. The van der Waals surface area contributed by atoms with Gasteiger partial charge in [-0.3, -0.25) is 19.3 Å². The van der Waals surface area contributed by atoms with Crippen molar-refractivity contribution in [2.75, 3.05) is 0 Å². The average Bonchev–Trinajstić information content (AvgIpc) is 2.92. The van der Waals surface area contributed by atoms with Crippen molar-refractivity contribution in [1.29, 1.82) is 0 Å². The number of allylic oxidation sites excluding steroid dienone is 2. The van der Waals surface area contributed by atoms with Crippen LogP contribution >= 0.6 is 23.2 Å². The molecule has 3 amide bonds. The lowest BCUT2D eigenvalue weighted by molar-refractivity contribution is -0.148. The first-order valence-corrected chi connectivity index (χ1v) is 10.7. The molecule has 1 aromatic carbocycles. The Morgan fingerprint density at radius 1 is 1.07 bits per heavy atom. The van der Waals surface area contributed by atoms with Gasteiger partial charge >= 0.3 is 0 Å². The molecule has 0 unspecified atom stereocenters. The molecule has 29 heavy (non-hydrogen) atoms. The summed E-state index contributed by atoms with van der Waals surface area (Å²) in [6.07, 6.45) is 5.42. The Labute approximate surface area is 181 Å². The van der Waals surface area contributed by atoms with Crippen LogP contribution in [0.1, 0.15) is 51.6 Å². The van der Waals surface area contributed by atoms with Gasteiger partial charge in [0.2, 0.25) is 17.7 Å². The molecular weight excluding hydrogens is 411 g/mol. The Balaban J connectivity index is 1.81. The first-order valence-electron chi connectivity index (χ1n) is 9.98. The maximum atomic E-state index is 13.2. The van der Waals surface area contributed by atoms with Crippen molar-refractivity contribution in [1.82, 2.24) is 10.2 Å². The standard InChI is InChI=1S/C22H26Cl2N2O3/c1-12(2)10-19(26-21(28)15-6-4-5-7-16(15)22(26)29)20(27)25-13(3)14-8-9-17(23)18(24)11-14/h4-5,8-9,11-13,15-16,19H,6-7,10H2,1-3H3,(H,25,27)/t13-,15-,16-,19-/m1/s1. The Morgan fingerprint density at radius 3 is 2.17 bits per heavy atom. The fraction of sp³-hybridized carbons (Fsp3) is 0.500. The maximum absolute atomic E-state index is 13.2. The maximum Gasteiger partial charge on any atom is 0.243 e. The summed E-state index contributed by atoms with van der Waals surface area (Å²) < 4.78 is 0. The lowest BCUT2D eigenvalue weighted by Gasteiger charge is -2.28. The molecule has 0 radical (unpaired) electrons. The number of amides is 3. The summed E-state index contributed by atoms with van der Waals surface area (Å²) in [7, 11) is 0. The lowest BCUT2D eigenvalue weighted by atomic mass is 9.85. The third-order valence-electron chi connectivity index (χ3n) is 5.65. The molecule has 1 N–H and O–H groups in total. The molecule has 3 rings (SSSR count). The molecule has 1 aromatic rings. The highest BCUT2D eigenvalue weighted by molar-refractivity contribution is 6.42. The van der Waals surface area contributed by atoms with Crippen molar-refractivity contribution in [2.24, 2.45) is 17.8 Å². The monoisotopic (exact) mass is 436 g/mol. The summed E-state index contributed by atoms with van der Waals surface area (Å²) >= 11 is 12.1. The van der Waals surface area contributed by atoms with E-state index in [1.54, 1.807) is 18.2 Å². The molecule has 7 heteroatoms. The smallest absolute Gasteiger partial charge is 0.243 e. The van der Waals surface area contributed by atoms with E-state index in [1.807, 2.05) is 32.9 Å². The van der Waals surface area contributed by atoms with E-state index >= 15 is 0 Å². The van der Waals surface area contributed by atoms with Crippen LogP contribution in [-0.4, -0.2) is 28.7 Å². The van der Waals surface area contributed by atoms with E-state index in [0.29, 0.717) is 29.3 Å². The molecule has 2 aliphatic rings. The SMILES string of the molecule is CC(C)C[C@H](C(=O)N[C@H](C)c1ccc(Cl)c(Cl)c1)N1C(=O)[C@@H]2CC=CC[C@H]2C1=O. The number of halogens is 2. The number of benzene rings is 1. The molecule has 0 saturated carbocycles. The van der Waals surface area contributed by atoms with E-state index < -0.39 is 6.04 Å². The quantitative estimate of drug-likeness (QED) is 0.525. The summed E-state index contributed by atoms with van der Waals surface area (Å²) in [6, 6.07) is 4.02. The van der Waals surface area contributed by atoms with Gasteiger partial charge in [-0.1, -0.05) is 55.3 Å². The third kappa shape index (κ3) is 4.51. The number of likely N-dealkylation sites (tertiary alicyclic amines) is 1. The number of rotatable bonds is 6. The topological polar surface area (TPSA) is 66.5 Å². The van der Waals surface area contributed by atoms with Gasteiger partial charge in [-0.2, -0.15) is 0 Å². The minimum absolute atomic E-state index is 0.146. The van der Waals surface area contributed by atoms with Crippen molar-refractivity contribution in [3.63, 3.8) is 0 Å². The zero-order valence-corrected chi connectivity index (χ0v) is 18.3. The van der Waals surface area contributed by atoms with Gasteiger partial charge < -0.3 is 5.32 Å². The fourth-order valence-corrected chi connectivity index (χ4v) is 4.39. The van der Waals surface area contributed by atoms with Crippen molar-refractivity contribution in [3.8, 4) is 0 Å². The Kier molecular flexibility index (Phi) is 6.69. The van der Waals surface area contributed by atoms with Crippen LogP contribution in [0.3, 0.4) is 0 Å². The van der Waals surface area contributed by atoms with Crippen molar-refractivity contribution < 1.29 is 14.4 Å². The van der Waals surface area contributed by atoms with E-state index in [1.165, 1.54) is 4.90 Å². The van der Waals surface area contributed by atoms with E-state index in [-0.39, 0.29) is 41.5 Å². The minimum Gasteiger partial charge on any atom is -0.348 e. The lowest BCUT2D eigenvalue weighted by Crippen LogP contribution is -2.51. The number of nitrogens with one attached hydrogen (secondary N) is 1. The van der Waals surface area contributed by atoms with E-state index in [4.69, 9.17) is 23.2 Å². The minimum atomic E-state index is -0.814. The Hall–Kier alpha value is -1.85. The normalized spacial score (nSPS) is 23.3. The highest BCUT2D eigenvalue weighted by Gasteiger charge is 2.51. The van der Waals surface area contributed by atoms with Gasteiger partial charge in [0.25, 0.3) is 0 Å². The molecule has 0 bridgehead atoms.